The van der Waals surface area contributed by atoms with Crippen molar-refractivity contribution in [1.29, 1.82) is 0 Å². The molecule has 0 unspecified atom stereocenters. The van der Waals surface area contributed by atoms with Crippen LogP contribution in [0.15, 0.2) is 24.3 Å². The van der Waals surface area contributed by atoms with Gasteiger partial charge < -0.3 is 10.2 Å². The van der Waals surface area contributed by atoms with Crippen molar-refractivity contribution in [2.45, 2.75) is 12.3 Å². The van der Waals surface area contributed by atoms with Crippen LogP contribution in [-0.4, -0.2) is 22.2 Å². The third kappa shape index (κ3) is 3.25. The van der Waals surface area contributed by atoms with Crippen molar-refractivity contribution >= 4 is 23.5 Å². The number of halogens is 1. The fraction of sp³-hybridized carbons (Fsp3) is 0.200. The molecule has 0 aliphatic rings. The Morgan fingerprint density at radius 3 is 2.13 bits per heavy atom. The summed E-state index contributed by atoms with van der Waals surface area (Å²) in [5, 5.41) is 17.9. The lowest BCUT2D eigenvalue weighted by Gasteiger charge is -2.09. The minimum atomic E-state index is -1.15. The van der Waals surface area contributed by atoms with Crippen LogP contribution in [0, 0.1) is 0 Å². The van der Waals surface area contributed by atoms with Gasteiger partial charge in [0.25, 0.3) is 0 Å². The van der Waals surface area contributed by atoms with E-state index in [1.807, 2.05) is 0 Å². The fourth-order valence-electron chi connectivity index (χ4n) is 1.22. The highest BCUT2D eigenvalue weighted by atomic mass is 35.5. The van der Waals surface area contributed by atoms with Crippen LogP contribution < -0.4 is 0 Å². The molecule has 1 aromatic rings. The standard InChI is InChI=1S/C10H9ClO4/c11-7-3-1-6(2-4-7)8(10(14)15)5-9(12)13/h1-4,8H,5H2,(H,12,13)(H,14,15)/t8-/m0/s1. The number of carbonyl (C=O) groups is 2. The van der Waals surface area contributed by atoms with E-state index in [-0.39, 0.29) is 0 Å². The highest BCUT2D eigenvalue weighted by molar-refractivity contribution is 6.30. The van der Waals surface area contributed by atoms with Crippen LogP contribution in [0.5, 0.6) is 0 Å². The van der Waals surface area contributed by atoms with E-state index in [2.05, 4.69) is 0 Å². The highest BCUT2D eigenvalue weighted by Crippen LogP contribution is 2.21. The second kappa shape index (κ2) is 4.79. The van der Waals surface area contributed by atoms with Crippen LogP contribution in [0.3, 0.4) is 0 Å². The van der Waals surface area contributed by atoms with Crippen molar-refractivity contribution in [3.63, 3.8) is 0 Å². The number of rotatable bonds is 4. The highest BCUT2D eigenvalue weighted by Gasteiger charge is 2.22. The zero-order chi connectivity index (χ0) is 11.4. The molecule has 0 fully saturated rings. The van der Waals surface area contributed by atoms with E-state index >= 15 is 0 Å². The molecule has 0 aromatic heterocycles. The maximum atomic E-state index is 10.8. The number of hydrogen-bond donors (Lipinski definition) is 2. The van der Waals surface area contributed by atoms with Gasteiger partial charge in [-0.1, -0.05) is 23.7 Å². The van der Waals surface area contributed by atoms with E-state index in [0.717, 1.165) is 0 Å². The number of carboxylic acids is 2. The van der Waals surface area contributed by atoms with Gasteiger partial charge in [0.15, 0.2) is 0 Å². The Balaban J connectivity index is 2.94. The van der Waals surface area contributed by atoms with Crippen LogP contribution in [0.2, 0.25) is 5.02 Å². The summed E-state index contributed by atoms with van der Waals surface area (Å²) in [4.78, 5) is 21.3. The van der Waals surface area contributed by atoms with E-state index in [9.17, 15) is 9.59 Å². The molecule has 1 aromatic carbocycles. The Kier molecular flexibility index (Phi) is 3.68. The number of benzene rings is 1. The van der Waals surface area contributed by atoms with Crippen molar-refractivity contribution in [3.8, 4) is 0 Å². The Morgan fingerprint density at radius 1 is 1.20 bits per heavy atom. The summed E-state index contributed by atoms with van der Waals surface area (Å²) in [6, 6.07) is 6.11. The first kappa shape index (κ1) is 11.5. The zero-order valence-electron chi connectivity index (χ0n) is 7.68. The molecule has 1 atom stereocenters. The Morgan fingerprint density at radius 2 is 1.73 bits per heavy atom. The molecule has 0 saturated heterocycles. The van der Waals surface area contributed by atoms with Crippen molar-refractivity contribution < 1.29 is 19.8 Å². The van der Waals surface area contributed by atoms with E-state index < -0.39 is 24.3 Å². The molecule has 1 rings (SSSR count). The predicted molar refractivity (Wildman–Crippen MR) is 54.1 cm³/mol. The summed E-state index contributed by atoms with van der Waals surface area (Å²) < 4.78 is 0. The van der Waals surface area contributed by atoms with Crippen LogP contribution in [-0.2, 0) is 9.59 Å². The molecule has 5 heteroatoms. The first-order chi connectivity index (χ1) is 7.00. The summed E-state index contributed by atoms with van der Waals surface area (Å²) in [5.41, 5.74) is 0.439. The smallest absolute Gasteiger partial charge is 0.311 e. The molecule has 80 valence electrons. The molecule has 4 nitrogen and oxygen atoms in total. The minimum Gasteiger partial charge on any atom is -0.481 e. The van der Waals surface area contributed by atoms with Crippen molar-refractivity contribution in [1.82, 2.24) is 0 Å². The second-order valence-corrected chi connectivity index (χ2v) is 3.48. The van der Waals surface area contributed by atoms with Gasteiger partial charge in [0.05, 0.1) is 12.3 Å². The summed E-state index contributed by atoms with van der Waals surface area (Å²) >= 11 is 5.64. The SMILES string of the molecule is O=C(O)C[C@H](C(=O)O)c1ccc(Cl)cc1. The molecule has 0 heterocycles. The summed E-state index contributed by atoms with van der Waals surface area (Å²) in [6.45, 7) is 0. The van der Waals surface area contributed by atoms with Crippen LogP contribution in [0.4, 0.5) is 0 Å². The Bertz CT molecular complexity index is 372. The Labute approximate surface area is 91.1 Å². The fourth-order valence-corrected chi connectivity index (χ4v) is 1.34. The largest absolute Gasteiger partial charge is 0.481 e. The van der Waals surface area contributed by atoms with Crippen molar-refractivity contribution in [3.05, 3.63) is 34.9 Å². The van der Waals surface area contributed by atoms with E-state index in [1.165, 1.54) is 24.3 Å². The minimum absolute atomic E-state index is 0.434. The molecule has 0 bridgehead atoms. The third-order valence-electron chi connectivity index (χ3n) is 1.95. The van der Waals surface area contributed by atoms with Crippen molar-refractivity contribution in [2.75, 3.05) is 0 Å². The first-order valence-electron chi connectivity index (χ1n) is 4.20. The van der Waals surface area contributed by atoms with Gasteiger partial charge in [-0.25, -0.2) is 0 Å². The van der Waals surface area contributed by atoms with E-state index in [1.54, 1.807) is 0 Å². The lowest BCUT2D eigenvalue weighted by atomic mass is 9.96. The summed E-state index contributed by atoms with van der Waals surface area (Å²) in [5.74, 6) is -3.32. The predicted octanol–water partition coefficient (Wildman–Crippen LogP) is 1.98. The van der Waals surface area contributed by atoms with Gasteiger partial charge >= 0.3 is 11.9 Å². The lowest BCUT2D eigenvalue weighted by Crippen LogP contribution is -2.15. The first-order valence-corrected chi connectivity index (χ1v) is 4.58. The monoisotopic (exact) mass is 228 g/mol. The number of aliphatic carboxylic acids is 2. The molecule has 0 saturated carbocycles. The molecule has 0 amide bonds. The number of hydrogen-bond acceptors (Lipinski definition) is 2. The lowest BCUT2D eigenvalue weighted by molar-refractivity contribution is -0.145. The topological polar surface area (TPSA) is 74.6 Å². The molecule has 0 spiro atoms. The number of carboxylic acid groups (broad SMARTS) is 2. The van der Waals surface area contributed by atoms with Gasteiger partial charge in [-0.2, -0.15) is 0 Å². The summed E-state index contributed by atoms with van der Waals surface area (Å²) in [7, 11) is 0. The molecule has 0 aliphatic heterocycles. The third-order valence-corrected chi connectivity index (χ3v) is 2.20. The van der Waals surface area contributed by atoms with Crippen LogP contribution in [0.25, 0.3) is 0 Å². The van der Waals surface area contributed by atoms with Gasteiger partial charge in [0, 0.05) is 5.02 Å². The van der Waals surface area contributed by atoms with Gasteiger partial charge in [0.2, 0.25) is 0 Å². The molecular formula is C10H9ClO4. The normalized spacial score (nSPS) is 12.1. The average Bonchev–Trinajstić information content (AvgIpc) is 2.15. The molecule has 15 heavy (non-hydrogen) atoms. The summed E-state index contributed by atoms with van der Waals surface area (Å²) in [6.07, 6.45) is -0.434. The molecule has 0 aliphatic carbocycles. The zero-order valence-corrected chi connectivity index (χ0v) is 8.44. The van der Waals surface area contributed by atoms with Gasteiger partial charge in [-0.15, -0.1) is 0 Å². The second-order valence-electron chi connectivity index (χ2n) is 3.04. The average molecular weight is 229 g/mol. The molecule has 0 radical (unpaired) electrons. The van der Waals surface area contributed by atoms with Crippen LogP contribution >= 0.6 is 11.6 Å². The quantitative estimate of drug-likeness (QED) is 0.826. The van der Waals surface area contributed by atoms with Gasteiger partial charge in [-0.3, -0.25) is 9.59 Å². The van der Waals surface area contributed by atoms with Gasteiger partial charge in [-0.05, 0) is 17.7 Å². The van der Waals surface area contributed by atoms with Crippen molar-refractivity contribution in [2.24, 2.45) is 0 Å². The Hall–Kier alpha value is -1.55. The van der Waals surface area contributed by atoms with E-state index in [4.69, 9.17) is 21.8 Å². The van der Waals surface area contributed by atoms with E-state index in [0.29, 0.717) is 10.6 Å². The maximum Gasteiger partial charge on any atom is 0.311 e. The maximum absolute atomic E-state index is 10.8. The van der Waals surface area contributed by atoms with Crippen LogP contribution in [0.1, 0.15) is 17.9 Å². The van der Waals surface area contributed by atoms with Gasteiger partial charge in [0.1, 0.15) is 0 Å². The molecule has 2 N–H and O–H groups in total. The molecular weight excluding hydrogens is 220 g/mol.